The molecule has 0 bridgehead atoms. The van der Waals surface area contributed by atoms with Crippen LogP contribution in [0.15, 0.2) is 76.0 Å². The summed E-state index contributed by atoms with van der Waals surface area (Å²) in [7, 11) is 0. The average Bonchev–Trinajstić information content (AvgIpc) is 2.66. The van der Waals surface area contributed by atoms with Crippen molar-refractivity contribution < 1.29 is 0 Å². The number of hydrogen-bond acceptors (Lipinski definition) is 2. The number of benzene rings is 3. The van der Waals surface area contributed by atoms with Crippen LogP contribution in [-0.4, -0.2) is 9.55 Å². The Morgan fingerprint density at radius 3 is 2.39 bits per heavy atom. The summed E-state index contributed by atoms with van der Waals surface area (Å²) in [4.78, 5) is 18.1. The van der Waals surface area contributed by atoms with E-state index in [1.165, 1.54) is 0 Å². The topological polar surface area (TPSA) is 34.9 Å². The third kappa shape index (κ3) is 3.69. The smallest absolute Gasteiger partial charge is 0.266 e. The van der Waals surface area contributed by atoms with Crippen LogP contribution in [0.3, 0.4) is 0 Å². The van der Waals surface area contributed by atoms with Crippen LogP contribution in [0.2, 0.25) is 0 Å². The standard InChI is InChI=1S/C24H19BrN2O/c1-16-12-17(2)14-20(13-16)27-23(11-10-18-6-5-7-19(25)15-18)26-22-9-4-3-8-21(22)24(27)28/h3-15H,1-2H3/b11-10-. The minimum Gasteiger partial charge on any atom is -0.268 e. The number of nitrogens with zero attached hydrogens (tertiary/aromatic N) is 2. The highest BCUT2D eigenvalue weighted by Crippen LogP contribution is 2.19. The third-order valence-electron chi connectivity index (χ3n) is 4.54. The van der Waals surface area contributed by atoms with Gasteiger partial charge in [0, 0.05) is 4.47 Å². The van der Waals surface area contributed by atoms with Gasteiger partial charge >= 0.3 is 0 Å². The molecule has 0 aliphatic heterocycles. The van der Waals surface area contributed by atoms with E-state index in [-0.39, 0.29) is 5.56 Å². The lowest BCUT2D eigenvalue weighted by molar-refractivity contribution is 0.940. The molecular weight excluding hydrogens is 412 g/mol. The van der Waals surface area contributed by atoms with Gasteiger partial charge in [-0.2, -0.15) is 0 Å². The Morgan fingerprint density at radius 1 is 0.893 bits per heavy atom. The van der Waals surface area contributed by atoms with E-state index in [4.69, 9.17) is 4.98 Å². The summed E-state index contributed by atoms with van der Waals surface area (Å²) in [6.45, 7) is 4.07. The van der Waals surface area contributed by atoms with Crippen molar-refractivity contribution in [2.24, 2.45) is 0 Å². The molecule has 4 heteroatoms. The Hall–Kier alpha value is -2.98. The molecule has 0 saturated heterocycles. The number of hydrogen-bond donors (Lipinski definition) is 0. The number of halogens is 1. The van der Waals surface area contributed by atoms with Crippen molar-refractivity contribution >= 4 is 39.0 Å². The Morgan fingerprint density at radius 2 is 1.64 bits per heavy atom. The van der Waals surface area contributed by atoms with Gasteiger partial charge in [-0.3, -0.25) is 9.36 Å². The molecule has 0 N–H and O–H groups in total. The summed E-state index contributed by atoms with van der Waals surface area (Å²) in [5.74, 6) is 0.605. The van der Waals surface area contributed by atoms with Crippen LogP contribution in [0, 0.1) is 13.8 Å². The summed E-state index contributed by atoms with van der Waals surface area (Å²) < 4.78 is 2.70. The third-order valence-corrected chi connectivity index (χ3v) is 5.03. The van der Waals surface area contributed by atoms with E-state index in [1.807, 2.05) is 86.7 Å². The molecule has 0 spiro atoms. The molecule has 0 saturated carbocycles. The van der Waals surface area contributed by atoms with Crippen molar-refractivity contribution in [3.05, 3.63) is 104 Å². The maximum absolute atomic E-state index is 13.3. The van der Waals surface area contributed by atoms with E-state index in [2.05, 4.69) is 22.0 Å². The van der Waals surface area contributed by atoms with Crippen molar-refractivity contribution in [1.82, 2.24) is 9.55 Å². The molecule has 0 aliphatic carbocycles. The zero-order valence-corrected chi connectivity index (χ0v) is 17.3. The van der Waals surface area contributed by atoms with Gasteiger partial charge in [0.2, 0.25) is 0 Å². The van der Waals surface area contributed by atoms with Crippen molar-refractivity contribution in [3.63, 3.8) is 0 Å². The first-order valence-electron chi connectivity index (χ1n) is 9.05. The van der Waals surface area contributed by atoms with Gasteiger partial charge in [0.1, 0.15) is 5.82 Å². The largest absolute Gasteiger partial charge is 0.268 e. The molecule has 0 amide bonds. The molecule has 1 heterocycles. The van der Waals surface area contributed by atoms with Crippen molar-refractivity contribution in [2.75, 3.05) is 0 Å². The molecule has 28 heavy (non-hydrogen) atoms. The van der Waals surface area contributed by atoms with Gasteiger partial charge in [-0.05, 0) is 73.0 Å². The van der Waals surface area contributed by atoms with Gasteiger partial charge in [0.05, 0.1) is 16.6 Å². The van der Waals surface area contributed by atoms with E-state index in [9.17, 15) is 4.79 Å². The van der Waals surface area contributed by atoms with Crippen molar-refractivity contribution in [1.29, 1.82) is 0 Å². The van der Waals surface area contributed by atoms with Crippen molar-refractivity contribution in [2.45, 2.75) is 13.8 Å². The highest BCUT2D eigenvalue weighted by molar-refractivity contribution is 9.10. The molecule has 0 fully saturated rings. The van der Waals surface area contributed by atoms with Crippen LogP contribution in [0.25, 0.3) is 28.7 Å². The minimum absolute atomic E-state index is 0.0653. The van der Waals surface area contributed by atoms with Crippen molar-refractivity contribution in [3.8, 4) is 5.69 Å². The summed E-state index contributed by atoms with van der Waals surface area (Å²) in [5, 5.41) is 0.612. The van der Waals surface area contributed by atoms with Gasteiger partial charge in [-0.1, -0.05) is 52.3 Å². The Balaban J connectivity index is 1.97. The molecule has 0 unspecified atom stereocenters. The highest BCUT2D eigenvalue weighted by atomic mass is 79.9. The van der Waals surface area contributed by atoms with Gasteiger partial charge in [0.25, 0.3) is 5.56 Å². The number of rotatable bonds is 3. The van der Waals surface area contributed by atoms with Crippen LogP contribution in [-0.2, 0) is 0 Å². The molecule has 138 valence electrons. The Kier molecular flexibility index (Phi) is 4.97. The minimum atomic E-state index is -0.0653. The van der Waals surface area contributed by atoms with Crippen LogP contribution < -0.4 is 5.56 Å². The Labute approximate surface area is 172 Å². The second-order valence-electron chi connectivity index (χ2n) is 6.86. The zero-order valence-electron chi connectivity index (χ0n) is 15.7. The fourth-order valence-corrected chi connectivity index (χ4v) is 3.79. The maximum atomic E-state index is 13.3. The molecular formula is C24H19BrN2O. The average molecular weight is 431 g/mol. The van der Waals surface area contributed by atoms with Crippen LogP contribution in [0.5, 0.6) is 0 Å². The first-order valence-corrected chi connectivity index (χ1v) is 9.85. The molecule has 3 aromatic carbocycles. The summed E-state index contributed by atoms with van der Waals surface area (Å²) >= 11 is 3.49. The van der Waals surface area contributed by atoms with E-state index in [1.54, 1.807) is 4.57 Å². The zero-order chi connectivity index (χ0) is 19.7. The Bertz CT molecular complexity index is 1250. The summed E-state index contributed by atoms with van der Waals surface area (Å²) in [6, 6.07) is 21.6. The lowest BCUT2D eigenvalue weighted by Crippen LogP contribution is -2.22. The van der Waals surface area contributed by atoms with E-state index >= 15 is 0 Å². The molecule has 4 aromatic rings. The summed E-state index contributed by atoms with van der Waals surface area (Å²) in [6.07, 6.45) is 3.87. The van der Waals surface area contributed by atoms with Gasteiger partial charge in [0.15, 0.2) is 0 Å². The second-order valence-corrected chi connectivity index (χ2v) is 7.78. The number of aryl methyl sites for hydroxylation is 2. The predicted molar refractivity (Wildman–Crippen MR) is 120 cm³/mol. The van der Waals surface area contributed by atoms with E-state index in [0.29, 0.717) is 16.7 Å². The van der Waals surface area contributed by atoms with Gasteiger partial charge in [-0.15, -0.1) is 0 Å². The fraction of sp³-hybridized carbons (Fsp3) is 0.0833. The molecule has 3 nitrogen and oxygen atoms in total. The van der Waals surface area contributed by atoms with Crippen LogP contribution >= 0.6 is 15.9 Å². The monoisotopic (exact) mass is 430 g/mol. The molecule has 1 aromatic heterocycles. The normalized spacial score (nSPS) is 11.4. The van der Waals surface area contributed by atoms with Gasteiger partial charge in [-0.25, -0.2) is 4.98 Å². The van der Waals surface area contributed by atoms with E-state index < -0.39 is 0 Å². The SMILES string of the molecule is Cc1cc(C)cc(-n2c(/C=C\c3cccc(Br)c3)nc3ccccc3c2=O)c1. The van der Waals surface area contributed by atoms with Crippen LogP contribution in [0.4, 0.5) is 0 Å². The quantitative estimate of drug-likeness (QED) is 0.403. The van der Waals surface area contributed by atoms with Crippen LogP contribution in [0.1, 0.15) is 22.5 Å². The second kappa shape index (κ2) is 7.56. The van der Waals surface area contributed by atoms with Gasteiger partial charge < -0.3 is 0 Å². The highest BCUT2D eigenvalue weighted by Gasteiger charge is 2.11. The fourth-order valence-electron chi connectivity index (χ4n) is 3.37. The first-order chi connectivity index (χ1) is 13.5. The number of para-hydroxylation sites is 1. The molecule has 4 rings (SSSR count). The number of aromatic nitrogens is 2. The first kappa shape index (κ1) is 18.4. The lowest BCUT2D eigenvalue weighted by atomic mass is 10.1. The molecule has 0 aliphatic rings. The maximum Gasteiger partial charge on any atom is 0.266 e. The lowest BCUT2D eigenvalue weighted by Gasteiger charge is -2.13. The summed E-state index contributed by atoms with van der Waals surface area (Å²) in [5.41, 5.74) is 4.71. The predicted octanol–water partition coefficient (Wildman–Crippen LogP) is 5.94. The van der Waals surface area contributed by atoms with E-state index in [0.717, 1.165) is 26.9 Å². The molecule has 0 radical (unpaired) electrons. The molecule has 0 atom stereocenters. The number of fused-ring (bicyclic) bond motifs is 1.